The fourth-order valence-electron chi connectivity index (χ4n) is 3.82. The Morgan fingerprint density at radius 1 is 1.06 bits per heavy atom. The normalized spacial score (nSPS) is 11.4. The fraction of sp³-hybridized carbons (Fsp3) is 0.292. The molecule has 0 aliphatic rings. The van der Waals surface area contributed by atoms with Gasteiger partial charge >= 0.3 is 5.69 Å². The van der Waals surface area contributed by atoms with Crippen LogP contribution in [0.1, 0.15) is 25.0 Å². The Hall–Kier alpha value is -3.61. The smallest absolute Gasteiger partial charge is 0.337 e. The van der Waals surface area contributed by atoms with E-state index in [0.717, 1.165) is 11.1 Å². The van der Waals surface area contributed by atoms with Crippen LogP contribution in [0, 0.1) is 12.8 Å². The van der Waals surface area contributed by atoms with Gasteiger partial charge in [-0.1, -0.05) is 49.7 Å². The van der Waals surface area contributed by atoms with Gasteiger partial charge in [0.2, 0.25) is 0 Å². The van der Waals surface area contributed by atoms with E-state index >= 15 is 0 Å². The second-order valence-corrected chi connectivity index (χ2v) is 8.16. The van der Waals surface area contributed by atoms with E-state index in [9.17, 15) is 9.59 Å². The van der Waals surface area contributed by atoms with Crippen LogP contribution in [-0.2, 0) is 13.1 Å². The van der Waals surface area contributed by atoms with Crippen LogP contribution >= 0.6 is 0 Å². The van der Waals surface area contributed by atoms with Crippen molar-refractivity contribution in [3.05, 3.63) is 86.8 Å². The summed E-state index contributed by atoms with van der Waals surface area (Å²) in [6, 6.07) is 15.3. The summed E-state index contributed by atoms with van der Waals surface area (Å²) in [7, 11) is 1.58. The first-order valence-electron chi connectivity index (χ1n) is 10.3. The molecular formula is C24H26N4O3. The molecule has 0 unspecified atom stereocenters. The Balaban J connectivity index is 2.00. The minimum absolute atomic E-state index is 0.134. The molecule has 160 valence electrons. The molecule has 0 bridgehead atoms. The Morgan fingerprint density at radius 2 is 1.84 bits per heavy atom. The van der Waals surface area contributed by atoms with Crippen molar-refractivity contribution in [3.8, 4) is 11.4 Å². The monoisotopic (exact) mass is 418 g/mol. The van der Waals surface area contributed by atoms with Gasteiger partial charge in [0.25, 0.3) is 5.56 Å². The van der Waals surface area contributed by atoms with Gasteiger partial charge in [0.1, 0.15) is 5.75 Å². The Bertz CT molecular complexity index is 1360. The van der Waals surface area contributed by atoms with E-state index in [-0.39, 0.29) is 11.5 Å². The molecule has 2 aromatic heterocycles. The van der Waals surface area contributed by atoms with Crippen LogP contribution in [0.15, 0.2) is 64.4 Å². The predicted octanol–water partition coefficient (Wildman–Crippen LogP) is 3.37. The molecule has 0 radical (unpaired) electrons. The van der Waals surface area contributed by atoms with Gasteiger partial charge in [0.05, 0.1) is 19.1 Å². The number of methoxy groups -OCH3 is 1. The number of rotatable bonds is 6. The Kier molecular flexibility index (Phi) is 5.50. The van der Waals surface area contributed by atoms with Crippen LogP contribution in [0.3, 0.4) is 0 Å². The third-order valence-corrected chi connectivity index (χ3v) is 5.19. The number of fused-ring (bicyclic) bond motifs is 1. The third-order valence-electron chi connectivity index (χ3n) is 5.19. The molecule has 0 saturated carbocycles. The molecule has 0 saturated heterocycles. The highest BCUT2D eigenvalue weighted by Crippen LogP contribution is 2.19. The molecular weight excluding hydrogens is 392 g/mol. The first-order valence-corrected chi connectivity index (χ1v) is 10.3. The number of ether oxygens (including phenoxy) is 1. The van der Waals surface area contributed by atoms with Crippen molar-refractivity contribution in [3.63, 3.8) is 0 Å². The molecule has 2 heterocycles. The van der Waals surface area contributed by atoms with Crippen molar-refractivity contribution < 1.29 is 4.74 Å². The molecule has 0 amide bonds. The standard InChI is InChI=1S/C24H26N4O3/c1-16(2)13-27-23(29)21-22(25-15-26(21)14-18-8-5-7-17(3)11-18)28(24(27)30)19-9-6-10-20(12-19)31-4/h5-12,15-16H,13-14H2,1-4H3. The first-order chi connectivity index (χ1) is 14.9. The summed E-state index contributed by atoms with van der Waals surface area (Å²) in [5.41, 5.74) is 2.84. The third kappa shape index (κ3) is 3.91. The topological polar surface area (TPSA) is 71.1 Å². The summed E-state index contributed by atoms with van der Waals surface area (Å²) in [4.78, 5) is 31.3. The highest BCUT2D eigenvalue weighted by Gasteiger charge is 2.20. The van der Waals surface area contributed by atoms with Gasteiger partial charge in [-0.15, -0.1) is 0 Å². The highest BCUT2D eigenvalue weighted by molar-refractivity contribution is 5.72. The SMILES string of the molecule is COc1cccc(-n2c(=O)n(CC(C)C)c(=O)c3c2ncn3Cc2cccc(C)c2)c1. The lowest BCUT2D eigenvalue weighted by atomic mass is 10.1. The van der Waals surface area contributed by atoms with Gasteiger partial charge in [-0.25, -0.2) is 14.3 Å². The van der Waals surface area contributed by atoms with E-state index in [1.54, 1.807) is 19.5 Å². The van der Waals surface area contributed by atoms with Crippen molar-refractivity contribution in [2.75, 3.05) is 7.11 Å². The molecule has 0 atom stereocenters. The second kappa shape index (κ2) is 8.26. The zero-order valence-electron chi connectivity index (χ0n) is 18.2. The summed E-state index contributed by atoms with van der Waals surface area (Å²) >= 11 is 0. The molecule has 31 heavy (non-hydrogen) atoms. The summed E-state index contributed by atoms with van der Waals surface area (Å²) in [5, 5.41) is 0. The van der Waals surface area contributed by atoms with Crippen LogP contribution in [0.4, 0.5) is 0 Å². The summed E-state index contributed by atoms with van der Waals surface area (Å²) in [6.07, 6.45) is 1.63. The molecule has 4 rings (SSSR count). The molecule has 0 N–H and O–H groups in total. The van der Waals surface area contributed by atoms with E-state index < -0.39 is 5.69 Å². The van der Waals surface area contributed by atoms with Gasteiger partial charge in [-0.3, -0.25) is 9.36 Å². The second-order valence-electron chi connectivity index (χ2n) is 8.16. The minimum atomic E-state index is -0.403. The lowest BCUT2D eigenvalue weighted by Gasteiger charge is -2.14. The van der Waals surface area contributed by atoms with Gasteiger partial charge in [-0.2, -0.15) is 0 Å². The van der Waals surface area contributed by atoms with Gasteiger partial charge < -0.3 is 9.30 Å². The van der Waals surface area contributed by atoms with Crippen molar-refractivity contribution in [1.29, 1.82) is 0 Å². The molecule has 7 heteroatoms. The first kappa shape index (κ1) is 20.7. The number of benzene rings is 2. The highest BCUT2D eigenvalue weighted by atomic mass is 16.5. The maximum Gasteiger partial charge on any atom is 0.337 e. The van der Waals surface area contributed by atoms with Crippen LogP contribution in [0.5, 0.6) is 5.75 Å². The molecule has 0 fully saturated rings. The molecule has 0 aliphatic heterocycles. The number of hydrogen-bond donors (Lipinski definition) is 0. The van der Waals surface area contributed by atoms with Crippen LogP contribution in [-0.4, -0.2) is 25.8 Å². The fourth-order valence-corrected chi connectivity index (χ4v) is 3.82. The Morgan fingerprint density at radius 3 is 2.55 bits per heavy atom. The Labute approximate surface area is 180 Å². The lowest BCUT2D eigenvalue weighted by molar-refractivity contribution is 0.414. The summed E-state index contributed by atoms with van der Waals surface area (Å²) < 4.78 is 9.95. The van der Waals surface area contributed by atoms with E-state index in [4.69, 9.17) is 4.74 Å². The molecule has 0 spiro atoms. The van der Waals surface area contributed by atoms with E-state index in [1.165, 1.54) is 9.13 Å². The summed E-state index contributed by atoms with van der Waals surface area (Å²) in [5.74, 6) is 0.758. The maximum absolute atomic E-state index is 13.4. The average Bonchev–Trinajstić information content (AvgIpc) is 3.14. The van der Waals surface area contributed by atoms with Crippen LogP contribution < -0.4 is 16.0 Å². The van der Waals surface area contributed by atoms with E-state index in [1.807, 2.05) is 61.7 Å². The minimum Gasteiger partial charge on any atom is -0.497 e. The van der Waals surface area contributed by atoms with Gasteiger partial charge in [-0.05, 0) is 30.5 Å². The molecule has 4 aromatic rings. The summed E-state index contributed by atoms with van der Waals surface area (Å²) in [6.45, 7) is 6.82. The van der Waals surface area contributed by atoms with Gasteiger partial charge in [0, 0.05) is 19.2 Å². The van der Waals surface area contributed by atoms with Crippen LogP contribution in [0.25, 0.3) is 16.9 Å². The predicted molar refractivity (Wildman–Crippen MR) is 121 cm³/mol. The largest absolute Gasteiger partial charge is 0.497 e. The zero-order valence-corrected chi connectivity index (χ0v) is 18.2. The number of hydrogen-bond acceptors (Lipinski definition) is 4. The number of aromatic nitrogens is 4. The lowest BCUT2D eigenvalue weighted by Crippen LogP contribution is -2.41. The van der Waals surface area contributed by atoms with E-state index in [0.29, 0.717) is 35.7 Å². The molecule has 2 aromatic carbocycles. The quantitative estimate of drug-likeness (QED) is 0.481. The molecule has 0 aliphatic carbocycles. The van der Waals surface area contributed by atoms with Crippen molar-refractivity contribution in [1.82, 2.24) is 18.7 Å². The van der Waals surface area contributed by atoms with Crippen molar-refractivity contribution >= 4 is 11.2 Å². The van der Waals surface area contributed by atoms with E-state index in [2.05, 4.69) is 11.1 Å². The van der Waals surface area contributed by atoms with Crippen molar-refractivity contribution in [2.45, 2.75) is 33.9 Å². The molecule has 7 nitrogen and oxygen atoms in total. The average molecular weight is 418 g/mol. The number of nitrogens with zero attached hydrogens (tertiary/aromatic N) is 4. The van der Waals surface area contributed by atoms with Gasteiger partial charge in [0.15, 0.2) is 11.2 Å². The van der Waals surface area contributed by atoms with Crippen LogP contribution in [0.2, 0.25) is 0 Å². The van der Waals surface area contributed by atoms with Crippen molar-refractivity contribution in [2.24, 2.45) is 5.92 Å². The number of imidazole rings is 1. The zero-order chi connectivity index (χ0) is 22.1. The number of aryl methyl sites for hydroxylation is 1. The maximum atomic E-state index is 13.4.